The summed E-state index contributed by atoms with van der Waals surface area (Å²) in [6.07, 6.45) is 6.85. The molecule has 0 bridgehead atoms. The summed E-state index contributed by atoms with van der Waals surface area (Å²) in [6.45, 7) is 12.0. The zero-order chi connectivity index (χ0) is 33.9. The topological polar surface area (TPSA) is 57.8 Å². The number of benzene rings is 2. The summed E-state index contributed by atoms with van der Waals surface area (Å²) in [5, 5.41) is 12.7. The standard InChI is InChI=1S/C36H28Cl6O4/c1-35(2,3)29-11-17(9-27(45-29)19-13-23(37)31(41)24(38)14-19)7-21-33(43)22(34(21)44)8-18-10-28(46-30(12-18)36(4,5)6)20-15-25(39)32(42)26(40)16-20/h7-16H,1-6H3/p+1. The molecule has 0 amide bonds. The minimum atomic E-state index is -0.372. The third-order valence-electron chi connectivity index (χ3n) is 7.27. The van der Waals surface area contributed by atoms with E-state index in [1.54, 1.807) is 48.6 Å². The van der Waals surface area contributed by atoms with Crippen LogP contribution >= 0.6 is 69.6 Å². The molecule has 0 saturated heterocycles. The summed E-state index contributed by atoms with van der Waals surface area (Å²) in [7, 11) is 0. The van der Waals surface area contributed by atoms with Gasteiger partial charge in [0.25, 0.3) is 0 Å². The Labute approximate surface area is 298 Å². The maximum Gasteiger partial charge on any atom is 0.360 e. The van der Waals surface area contributed by atoms with Crippen LogP contribution in [-0.4, -0.2) is 10.9 Å². The monoisotopic (exact) mass is 735 g/mol. The average molecular weight is 738 g/mol. The molecule has 0 radical (unpaired) electrons. The number of aliphatic hydroxyl groups is 1. The molecule has 2 heterocycles. The molecular formula is C36H29Cl6O4+. The van der Waals surface area contributed by atoms with Crippen LogP contribution in [0.25, 0.3) is 23.2 Å². The minimum absolute atomic E-state index is 0.125. The van der Waals surface area contributed by atoms with Crippen LogP contribution in [0.4, 0.5) is 0 Å². The smallest absolute Gasteiger partial charge is 0.360 e. The highest BCUT2D eigenvalue weighted by Gasteiger charge is 2.35. The Kier molecular flexibility index (Phi) is 9.58. The average Bonchev–Trinajstić information content (AvgIpc) is 2.98. The van der Waals surface area contributed by atoms with E-state index in [9.17, 15) is 9.90 Å². The van der Waals surface area contributed by atoms with Gasteiger partial charge in [0.15, 0.2) is 0 Å². The Morgan fingerprint density at radius 2 is 1.26 bits per heavy atom. The summed E-state index contributed by atoms with van der Waals surface area (Å²) >= 11 is 37.5. The highest BCUT2D eigenvalue weighted by atomic mass is 35.5. The van der Waals surface area contributed by atoms with Gasteiger partial charge in [0.05, 0.1) is 58.3 Å². The first-order valence-electron chi connectivity index (χ1n) is 14.2. The van der Waals surface area contributed by atoms with E-state index in [-0.39, 0.29) is 63.7 Å². The molecule has 4 nitrogen and oxygen atoms in total. The van der Waals surface area contributed by atoms with Crippen molar-refractivity contribution >= 4 is 87.2 Å². The second kappa shape index (κ2) is 12.7. The van der Waals surface area contributed by atoms with Crippen molar-refractivity contribution in [1.82, 2.24) is 0 Å². The SMILES string of the molecule is CC(C)(C)C1=CC(=CC2=C(O)C(=Cc3cc(-c4cc(Cl)c(Cl)c(Cl)c4)[o+]c(C(C)(C)C)c3)C2=O)C=C(c2cc(Cl)c(Cl)c(Cl)c2)O1. The van der Waals surface area contributed by atoms with Gasteiger partial charge in [-0.05, 0) is 80.5 Å². The summed E-state index contributed by atoms with van der Waals surface area (Å²) < 4.78 is 12.4. The molecule has 0 fully saturated rings. The highest BCUT2D eigenvalue weighted by Crippen LogP contribution is 2.42. The van der Waals surface area contributed by atoms with Crippen molar-refractivity contribution in [3.05, 3.63) is 130 Å². The van der Waals surface area contributed by atoms with Gasteiger partial charge in [0.2, 0.25) is 5.78 Å². The van der Waals surface area contributed by atoms with Gasteiger partial charge in [-0.25, -0.2) is 4.42 Å². The Morgan fingerprint density at radius 3 is 1.76 bits per heavy atom. The predicted octanol–water partition coefficient (Wildman–Crippen LogP) is 13.2. The number of Topliss-reactive ketones (excluding diaryl/α,β-unsaturated/α-hetero) is 1. The number of carbonyl (C=O) groups is 1. The quantitative estimate of drug-likeness (QED) is 0.165. The van der Waals surface area contributed by atoms with E-state index < -0.39 is 0 Å². The summed E-state index contributed by atoms with van der Waals surface area (Å²) in [5.41, 5.74) is 2.12. The Bertz CT molecular complexity index is 1920. The van der Waals surface area contributed by atoms with Crippen LogP contribution in [-0.2, 0) is 14.9 Å². The second-order valence-corrected chi connectivity index (χ2v) is 15.4. The molecule has 2 aliphatic rings. The van der Waals surface area contributed by atoms with Gasteiger partial charge in [-0.2, -0.15) is 0 Å². The zero-order valence-electron chi connectivity index (χ0n) is 25.7. The maximum atomic E-state index is 13.4. The molecule has 1 N–H and O–H groups in total. The van der Waals surface area contributed by atoms with E-state index in [0.717, 1.165) is 0 Å². The molecule has 238 valence electrons. The van der Waals surface area contributed by atoms with Crippen molar-refractivity contribution in [3.63, 3.8) is 0 Å². The lowest BCUT2D eigenvalue weighted by Crippen LogP contribution is -2.21. The summed E-state index contributed by atoms with van der Waals surface area (Å²) in [5.74, 6) is 1.81. The first kappa shape index (κ1) is 34.6. The number of hydrogen-bond donors (Lipinski definition) is 1. The predicted molar refractivity (Wildman–Crippen MR) is 191 cm³/mol. The van der Waals surface area contributed by atoms with Crippen molar-refractivity contribution in [2.24, 2.45) is 5.41 Å². The van der Waals surface area contributed by atoms with E-state index in [2.05, 4.69) is 0 Å². The number of halogens is 6. The van der Waals surface area contributed by atoms with Crippen LogP contribution in [0.1, 0.15) is 58.4 Å². The summed E-state index contributed by atoms with van der Waals surface area (Å²) in [6, 6.07) is 10.2. The van der Waals surface area contributed by atoms with Crippen LogP contribution in [0.15, 0.2) is 87.3 Å². The Morgan fingerprint density at radius 1 is 0.717 bits per heavy atom. The fraction of sp³-hybridized carbons (Fsp3) is 0.222. The number of hydrogen-bond acceptors (Lipinski definition) is 3. The Balaban J connectivity index is 1.57. The van der Waals surface area contributed by atoms with E-state index in [4.69, 9.17) is 78.8 Å². The molecule has 2 aromatic carbocycles. The zero-order valence-corrected chi connectivity index (χ0v) is 30.2. The van der Waals surface area contributed by atoms with Crippen LogP contribution in [0.2, 0.25) is 30.1 Å². The first-order chi connectivity index (χ1) is 21.3. The van der Waals surface area contributed by atoms with Gasteiger partial charge in [0.1, 0.15) is 17.3 Å². The number of ketones is 1. The van der Waals surface area contributed by atoms with Crippen LogP contribution < -0.4 is 0 Å². The van der Waals surface area contributed by atoms with Crippen LogP contribution in [0.5, 0.6) is 0 Å². The van der Waals surface area contributed by atoms with Gasteiger partial charge < -0.3 is 9.84 Å². The highest BCUT2D eigenvalue weighted by molar-refractivity contribution is 6.48. The van der Waals surface area contributed by atoms with Crippen molar-refractivity contribution in [1.29, 1.82) is 0 Å². The largest absolute Gasteiger partial charge is 0.506 e. The maximum absolute atomic E-state index is 13.4. The molecule has 10 heteroatoms. The lowest BCUT2D eigenvalue weighted by atomic mass is 9.84. The van der Waals surface area contributed by atoms with E-state index in [0.29, 0.717) is 45.3 Å². The van der Waals surface area contributed by atoms with Gasteiger partial charge in [-0.1, -0.05) is 90.4 Å². The normalized spacial score (nSPS) is 17.3. The fourth-order valence-electron chi connectivity index (χ4n) is 4.67. The fourth-order valence-corrected chi connectivity index (χ4v) is 5.87. The molecule has 0 saturated carbocycles. The second-order valence-electron chi connectivity index (χ2n) is 13.0. The van der Waals surface area contributed by atoms with E-state index >= 15 is 0 Å². The number of carbonyl (C=O) groups excluding carboxylic acids is 1. The minimum Gasteiger partial charge on any atom is -0.506 e. The van der Waals surface area contributed by atoms with Crippen LogP contribution in [0.3, 0.4) is 0 Å². The molecule has 46 heavy (non-hydrogen) atoms. The van der Waals surface area contributed by atoms with Crippen LogP contribution in [0, 0.1) is 5.41 Å². The molecular weight excluding hydrogens is 709 g/mol. The third kappa shape index (κ3) is 7.08. The number of ether oxygens (including phenoxy) is 1. The van der Waals surface area contributed by atoms with E-state index in [1.165, 1.54) is 0 Å². The molecule has 1 aliphatic heterocycles. The molecule has 0 unspecified atom stereocenters. The van der Waals surface area contributed by atoms with Gasteiger partial charge in [-0.3, -0.25) is 4.79 Å². The number of rotatable bonds is 4. The van der Waals surface area contributed by atoms with Crippen molar-refractivity contribution in [2.75, 3.05) is 0 Å². The number of aliphatic hydroxyl groups excluding tert-OH is 1. The molecule has 1 aliphatic carbocycles. The van der Waals surface area contributed by atoms with Gasteiger partial charge in [-0.15, -0.1) is 0 Å². The van der Waals surface area contributed by atoms with Gasteiger partial charge in [0, 0.05) is 17.0 Å². The molecule has 0 spiro atoms. The third-order valence-corrected chi connectivity index (χ3v) is 9.66. The van der Waals surface area contributed by atoms with Crippen molar-refractivity contribution < 1.29 is 19.1 Å². The van der Waals surface area contributed by atoms with Crippen molar-refractivity contribution in [3.8, 4) is 11.3 Å². The lowest BCUT2D eigenvalue weighted by Gasteiger charge is -2.28. The van der Waals surface area contributed by atoms with E-state index in [1.807, 2.05) is 53.7 Å². The molecule has 3 aromatic rings. The lowest BCUT2D eigenvalue weighted by molar-refractivity contribution is -0.113. The number of allylic oxidation sites excluding steroid dienone is 7. The molecule has 0 atom stereocenters. The Hall–Kier alpha value is -2.70. The summed E-state index contributed by atoms with van der Waals surface area (Å²) in [4.78, 5) is 13.4. The van der Waals surface area contributed by atoms with Crippen molar-refractivity contribution in [2.45, 2.75) is 47.0 Å². The molecule has 1 aromatic heterocycles. The van der Waals surface area contributed by atoms with Gasteiger partial charge >= 0.3 is 11.5 Å². The first-order valence-corrected chi connectivity index (χ1v) is 16.4. The molecule has 5 rings (SSSR count).